The molecule has 0 bridgehead atoms. The number of nitrogens with one attached hydrogen (secondary N) is 2. The minimum absolute atomic E-state index is 0.644. The van der Waals surface area contributed by atoms with Gasteiger partial charge in [0.1, 0.15) is 0 Å². The molecule has 0 spiro atoms. The summed E-state index contributed by atoms with van der Waals surface area (Å²) in [5.74, 6) is 0.823. The summed E-state index contributed by atoms with van der Waals surface area (Å²) in [6.45, 7) is 5.78. The number of guanidine groups is 1. The first kappa shape index (κ1) is 18.4. The molecular formula is C16H28N4O2. The predicted octanol–water partition coefficient (Wildman–Crippen LogP) is 1.15. The number of pyridine rings is 1. The number of rotatable bonds is 10. The lowest BCUT2D eigenvalue weighted by Crippen LogP contribution is -2.39. The summed E-state index contributed by atoms with van der Waals surface area (Å²) < 4.78 is 10.3. The van der Waals surface area contributed by atoms with Gasteiger partial charge in [-0.05, 0) is 37.0 Å². The molecule has 6 heteroatoms. The number of methoxy groups -OCH3 is 1. The molecule has 0 atom stereocenters. The largest absolute Gasteiger partial charge is 0.382 e. The van der Waals surface area contributed by atoms with Crippen LogP contribution in [0.4, 0.5) is 0 Å². The fraction of sp³-hybridized carbons (Fsp3) is 0.625. The molecule has 0 saturated carbocycles. The highest BCUT2D eigenvalue weighted by Crippen LogP contribution is 2.04. The molecule has 0 radical (unpaired) electrons. The van der Waals surface area contributed by atoms with Crippen LogP contribution in [0.2, 0.25) is 0 Å². The van der Waals surface area contributed by atoms with Gasteiger partial charge in [0.2, 0.25) is 0 Å². The molecule has 124 valence electrons. The molecule has 1 rings (SSSR count). The Morgan fingerprint density at radius 3 is 2.77 bits per heavy atom. The molecule has 0 aromatic carbocycles. The van der Waals surface area contributed by atoms with E-state index in [9.17, 15) is 0 Å². The normalized spacial score (nSPS) is 11.5. The zero-order chi connectivity index (χ0) is 16.0. The van der Waals surface area contributed by atoms with Crippen LogP contribution < -0.4 is 10.6 Å². The second-order valence-corrected chi connectivity index (χ2v) is 4.94. The Bertz CT molecular complexity index is 438. The van der Waals surface area contributed by atoms with Gasteiger partial charge in [0.25, 0.3) is 0 Å². The number of nitrogens with zero attached hydrogens (tertiary/aromatic N) is 2. The number of ether oxygens (including phenoxy) is 2. The number of aromatic nitrogens is 1. The molecule has 1 aromatic rings. The van der Waals surface area contributed by atoms with Crippen LogP contribution in [-0.4, -0.2) is 58.0 Å². The SMILES string of the molecule is CN=C(NCCCOCCOC)NCCc1ccncc1C. The summed E-state index contributed by atoms with van der Waals surface area (Å²) >= 11 is 0. The van der Waals surface area contributed by atoms with E-state index >= 15 is 0 Å². The maximum atomic E-state index is 5.41. The molecule has 0 amide bonds. The van der Waals surface area contributed by atoms with Gasteiger partial charge >= 0.3 is 0 Å². The average Bonchev–Trinajstić information content (AvgIpc) is 2.54. The van der Waals surface area contributed by atoms with E-state index in [0.29, 0.717) is 13.2 Å². The molecule has 22 heavy (non-hydrogen) atoms. The molecule has 0 unspecified atom stereocenters. The second-order valence-electron chi connectivity index (χ2n) is 4.94. The number of aliphatic imine (C=N–C) groups is 1. The molecule has 0 aliphatic carbocycles. The van der Waals surface area contributed by atoms with Crippen molar-refractivity contribution in [2.45, 2.75) is 19.8 Å². The van der Waals surface area contributed by atoms with Crippen molar-refractivity contribution in [3.05, 3.63) is 29.6 Å². The fourth-order valence-corrected chi connectivity index (χ4v) is 1.94. The first-order valence-electron chi connectivity index (χ1n) is 7.68. The maximum Gasteiger partial charge on any atom is 0.190 e. The third-order valence-corrected chi connectivity index (χ3v) is 3.24. The maximum absolute atomic E-state index is 5.41. The molecule has 0 fully saturated rings. The van der Waals surface area contributed by atoms with E-state index in [4.69, 9.17) is 9.47 Å². The molecule has 2 N–H and O–H groups in total. The van der Waals surface area contributed by atoms with Gasteiger partial charge in [-0.2, -0.15) is 0 Å². The van der Waals surface area contributed by atoms with Crippen LogP contribution in [0, 0.1) is 6.92 Å². The Hall–Kier alpha value is -1.66. The zero-order valence-corrected chi connectivity index (χ0v) is 13.9. The van der Waals surface area contributed by atoms with Gasteiger partial charge in [0.15, 0.2) is 5.96 Å². The number of hydrogen-bond donors (Lipinski definition) is 2. The van der Waals surface area contributed by atoms with Gasteiger partial charge in [-0.1, -0.05) is 0 Å². The van der Waals surface area contributed by atoms with Crippen molar-refractivity contribution in [1.82, 2.24) is 15.6 Å². The third kappa shape index (κ3) is 7.95. The fourth-order valence-electron chi connectivity index (χ4n) is 1.94. The molecule has 0 aliphatic rings. The highest BCUT2D eigenvalue weighted by molar-refractivity contribution is 5.79. The minimum atomic E-state index is 0.644. The van der Waals surface area contributed by atoms with E-state index in [2.05, 4.69) is 33.6 Å². The molecule has 0 aliphatic heterocycles. The standard InChI is InChI=1S/C16H28N4O2/c1-14-13-18-8-5-15(14)6-9-20-16(17-2)19-7-4-10-22-12-11-21-3/h5,8,13H,4,6-7,9-12H2,1-3H3,(H2,17,19,20). The van der Waals surface area contributed by atoms with Crippen LogP contribution >= 0.6 is 0 Å². The van der Waals surface area contributed by atoms with Gasteiger partial charge in [-0.25, -0.2) is 0 Å². The van der Waals surface area contributed by atoms with Gasteiger partial charge < -0.3 is 20.1 Å². The summed E-state index contributed by atoms with van der Waals surface area (Å²) in [7, 11) is 3.45. The van der Waals surface area contributed by atoms with E-state index < -0.39 is 0 Å². The summed E-state index contributed by atoms with van der Waals surface area (Å²) in [5, 5.41) is 6.59. The van der Waals surface area contributed by atoms with Gasteiger partial charge in [0.05, 0.1) is 13.2 Å². The van der Waals surface area contributed by atoms with E-state index in [0.717, 1.165) is 38.5 Å². The van der Waals surface area contributed by atoms with E-state index in [1.807, 2.05) is 12.4 Å². The quantitative estimate of drug-likeness (QED) is 0.385. The Kier molecular flexibility index (Phi) is 9.98. The van der Waals surface area contributed by atoms with Crippen molar-refractivity contribution in [2.75, 3.05) is 47.1 Å². The molecule has 6 nitrogen and oxygen atoms in total. The summed E-state index contributed by atoms with van der Waals surface area (Å²) in [5.41, 5.74) is 2.53. The number of hydrogen-bond acceptors (Lipinski definition) is 4. The predicted molar refractivity (Wildman–Crippen MR) is 89.4 cm³/mol. The number of aryl methyl sites for hydroxylation is 1. The zero-order valence-electron chi connectivity index (χ0n) is 13.9. The minimum Gasteiger partial charge on any atom is -0.382 e. The molecular weight excluding hydrogens is 280 g/mol. The van der Waals surface area contributed by atoms with Crippen molar-refractivity contribution in [3.8, 4) is 0 Å². The lowest BCUT2D eigenvalue weighted by Gasteiger charge is -2.12. The van der Waals surface area contributed by atoms with Crippen LogP contribution in [-0.2, 0) is 15.9 Å². The molecule has 1 heterocycles. The second kappa shape index (κ2) is 11.9. The van der Waals surface area contributed by atoms with Crippen LogP contribution in [0.5, 0.6) is 0 Å². The molecule has 0 saturated heterocycles. The van der Waals surface area contributed by atoms with Gasteiger partial charge in [-0.3, -0.25) is 9.98 Å². The summed E-state index contributed by atoms with van der Waals surface area (Å²) in [4.78, 5) is 8.31. The summed E-state index contributed by atoms with van der Waals surface area (Å²) in [6.07, 6.45) is 5.62. The van der Waals surface area contributed by atoms with E-state index in [1.165, 1.54) is 11.1 Å². The van der Waals surface area contributed by atoms with Crippen molar-refractivity contribution in [2.24, 2.45) is 4.99 Å². The Morgan fingerprint density at radius 2 is 2.05 bits per heavy atom. The van der Waals surface area contributed by atoms with Crippen molar-refractivity contribution < 1.29 is 9.47 Å². The van der Waals surface area contributed by atoms with Gasteiger partial charge in [0, 0.05) is 46.2 Å². The average molecular weight is 308 g/mol. The highest BCUT2D eigenvalue weighted by Gasteiger charge is 2.00. The highest BCUT2D eigenvalue weighted by atomic mass is 16.5. The molecule has 1 aromatic heterocycles. The Morgan fingerprint density at radius 1 is 1.23 bits per heavy atom. The Labute approximate surface area is 133 Å². The van der Waals surface area contributed by atoms with Crippen molar-refractivity contribution in [1.29, 1.82) is 0 Å². The van der Waals surface area contributed by atoms with Crippen molar-refractivity contribution >= 4 is 5.96 Å². The van der Waals surface area contributed by atoms with Crippen LogP contribution in [0.15, 0.2) is 23.5 Å². The third-order valence-electron chi connectivity index (χ3n) is 3.24. The van der Waals surface area contributed by atoms with E-state index in [1.54, 1.807) is 14.2 Å². The summed E-state index contributed by atoms with van der Waals surface area (Å²) in [6, 6.07) is 2.06. The lowest BCUT2D eigenvalue weighted by atomic mass is 10.1. The van der Waals surface area contributed by atoms with Gasteiger partial charge in [-0.15, -0.1) is 0 Å². The van der Waals surface area contributed by atoms with Crippen LogP contribution in [0.3, 0.4) is 0 Å². The monoisotopic (exact) mass is 308 g/mol. The first-order chi connectivity index (χ1) is 10.8. The van der Waals surface area contributed by atoms with Crippen LogP contribution in [0.25, 0.3) is 0 Å². The topological polar surface area (TPSA) is 67.8 Å². The van der Waals surface area contributed by atoms with Crippen molar-refractivity contribution in [3.63, 3.8) is 0 Å². The smallest absolute Gasteiger partial charge is 0.190 e. The van der Waals surface area contributed by atoms with E-state index in [-0.39, 0.29) is 0 Å². The Balaban J connectivity index is 2.11. The first-order valence-corrected chi connectivity index (χ1v) is 7.68. The lowest BCUT2D eigenvalue weighted by molar-refractivity contribution is 0.0698. The van der Waals surface area contributed by atoms with Crippen LogP contribution in [0.1, 0.15) is 17.5 Å².